The third-order valence-corrected chi connectivity index (χ3v) is 3.28. The number of hydrogen-bond acceptors (Lipinski definition) is 3. The van der Waals surface area contributed by atoms with Crippen LogP contribution in [0.5, 0.6) is 11.5 Å². The molecule has 2 rings (SSSR count). The molecular formula is C13H16ClNO3. The van der Waals surface area contributed by atoms with Crippen molar-refractivity contribution < 1.29 is 14.3 Å². The van der Waals surface area contributed by atoms with Crippen LogP contribution in [0.25, 0.3) is 0 Å². The molecule has 0 aromatic heterocycles. The Bertz CT molecular complexity index is 450. The summed E-state index contributed by atoms with van der Waals surface area (Å²) in [5.41, 5.74) is 1.01. The highest BCUT2D eigenvalue weighted by atomic mass is 35.5. The molecule has 0 N–H and O–H groups in total. The summed E-state index contributed by atoms with van der Waals surface area (Å²) < 4.78 is 10.4. The number of methoxy groups -OCH3 is 2. The summed E-state index contributed by atoms with van der Waals surface area (Å²) in [4.78, 5) is 13.4. The van der Waals surface area contributed by atoms with E-state index in [0.717, 1.165) is 5.56 Å². The van der Waals surface area contributed by atoms with Crippen LogP contribution in [0, 0.1) is 0 Å². The summed E-state index contributed by atoms with van der Waals surface area (Å²) in [5, 5.41) is -0.0716. The number of likely N-dealkylation sites (tertiary alicyclic amines) is 1. The number of benzene rings is 1. The Morgan fingerprint density at radius 2 is 2.06 bits per heavy atom. The molecule has 98 valence electrons. The zero-order valence-electron chi connectivity index (χ0n) is 10.5. The number of carbonyl (C=O) groups is 1. The fourth-order valence-electron chi connectivity index (χ4n) is 2.08. The smallest absolute Gasteiger partial charge is 0.224 e. The lowest BCUT2D eigenvalue weighted by atomic mass is 10.2. The maximum absolute atomic E-state index is 11.7. The lowest BCUT2D eigenvalue weighted by Crippen LogP contribution is -2.24. The van der Waals surface area contributed by atoms with Crippen LogP contribution in [0.1, 0.15) is 12.0 Å². The minimum atomic E-state index is -0.0716. The van der Waals surface area contributed by atoms with Crippen molar-refractivity contribution in [1.29, 1.82) is 0 Å². The van der Waals surface area contributed by atoms with E-state index in [2.05, 4.69) is 0 Å². The monoisotopic (exact) mass is 269 g/mol. The SMILES string of the molecule is COc1ccc(CN2CC(Cl)CC2=O)cc1OC. The van der Waals surface area contributed by atoms with Crippen LogP contribution in [0.2, 0.25) is 0 Å². The molecule has 18 heavy (non-hydrogen) atoms. The van der Waals surface area contributed by atoms with Crippen LogP contribution in [-0.4, -0.2) is 36.9 Å². The van der Waals surface area contributed by atoms with Crippen molar-refractivity contribution in [2.75, 3.05) is 20.8 Å². The lowest BCUT2D eigenvalue weighted by Gasteiger charge is -2.17. The highest BCUT2D eigenvalue weighted by Gasteiger charge is 2.27. The molecular weight excluding hydrogens is 254 g/mol. The van der Waals surface area contributed by atoms with E-state index in [1.807, 2.05) is 18.2 Å². The molecule has 1 unspecified atom stereocenters. The van der Waals surface area contributed by atoms with E-state index in [9.17, 15) is 4.79 Å². The summed E-state index contributed by atoms with van der Waals surface area (Å²) >= 11 is 5.97. The van der Waals surface area contributed by atoms with Crippen molar-refractivity contribution in [1.82, 2.24) is 4.90 Å². The van der Waals surface area contributed by atoms with Crippen LogP contribution in [0.3, 0.4) is 0 Å². The van der Waals surface area contributed by atoms with Gasteiger partial charge in [-0.1, -0.05) is 6.07 Å². The minimum Gasteiger partial charge on any atom is -0.493 e. The first-order chi connectivity index (χ1) is 8.63. The van der Waals surface area contributed by atoms with Gasteiger partial charge in [-0.2, -0.15) is 0 Å². The van der Waals surface area contributed by atoms with Gasteiger partial charge in [0, 0.05) is 19.5 Å². The van der Waals surface area contributed by atoms with Gasteiger partial charge in [0.1, 0.15) is 0 Å². The quantitative estimate of drug-likeness (QED) is 0.786. The Kier molecular flexibility index (Phi) is 3.97. The van der Waals surface area contributed by atoms with E-state index in [4.69, 9.17) is 21.1 Å². The van der Waals surface area contributed by atoms with Crippen LogP contribution in [0.15, 0.2) is 18.2 Å². The van der Waals surface area contributed by atoms with E-state index in [1.54, 1.807) is 19.1 Å². The van der Waals surface area contributed by atoms with E-state index < -0.39 is 0 Å². The molecule has 1 atom stereocenters. The van der Waals surface area contributed by atoms with Gasteiger partial charge in [-0.05, 0) is 17.7 Å². The van der Waals surface area contributed by atoms with E-state index in [1.165, 1.54) is 0 Å². The van der Waals surface area contributed by atoms with Crippen LogP contribution in [0.4, 0.5) is 0 Å². The number of alkyl halides is 1. The third-order valence-electron chi connectivity index (χ3n) is 2.99. The van der Waals surface area contributed by atoms with Gasteiger partial charge in [-0.3, -0.25) is 4.79 Å². The van der Waals surface area contributed by atoms with Gasteiger partial charge in [-0.15, -0.1) is 11.6 Å². The molecule has 1 heterocycles. The molecule has 0 radical (unpaired) electrons. The Hall–Kier alpha value is -1.42. The van der Waals surface area contributed by atoms with Crippen molar-refractivity contribution in [3.63, 3.8) is 0 Å². The fourth-order valence-corrected chi connectivity index (χ4v) is 2.37. The normalized spacial score (nSPS) is 19.2. The Morgan fingerprint density at radius 3 is 2.61 bits per heavy atom. The second-order valence-electron chi connectivity index (χ2n) is 4.27. The average Bonchev–Trinajstić information content (AvgIpc) is 2.67. The molecule has 4 nitrogen and oxygen atoms in total. The second-order valence-corrected chi connectivity index (χ2v) is 4.88. The van der Waals surface area contributed by atoms with Crippen molar-refractivity contribution >= 4 is 17.5 Å². The number of hydrogen-bond donors (Lipinski definition) is 0. The van der Waals surface area contributed by atoms with Gasteiger partial charge in [0.2, 0.25) is 5.91 Å². The number of carbonyl (C=O) groups excluding carboxylic acids is 1. The van der Waals surface area contributed by atoms with E-state index in [0.29, 0.717) is 31.0 Å². The highest BCUT2D eigenvalue weighted by Crippen LogP contribution is 2.29. The first kappa shape index (κ1) is 13.0. The summed E-state index contributed by atoms with van der Waals surface area (Å²) in [6.07, 6.45) is 0.425. The van der Waals surface area contributed by atoms with Gasteiger partial charge in [0.25, 0.3) is 0 Å². The second kappa shape index (κ2) is 5.48. The highest BCUT2D eigenvalue weighted by molar-refractivity contribution is 6.22. The van der Waals surface area contributed by atoms with Gasteiger partial charge in [-0.25, -0.2) is 0 Å². The molecule has 1 aromatic rings. The van der Waals surface area contributed by atoms with Crippen LogP contribution >= 0.6 is 11.6 Å². The molecule has 0 spiro atoms. The first-order valence-corrected chi connectivity index (χ1v) is 6.20. The molecule has 1 aromatic carbocycles. The van der Waals surface area contributed by atoms with Crippen LogP contribution in [-0.2, 0) is 11.3 Å². The Labute approximate surface area is 111 Å². The zero-order valence-corrected chi connectivity index (χ0v) is 11.2. The molecule has 1 aliphatic rings. The minimum absolute atomic E-state index is 0.0716. The number of ether oxygens (including phenoxy) is 2. The number of halogens is 1. The van der Waals surface area contributed by atoms with Crippen molar-refractivity contribution in [2.24, 2.45) is 0 Å². The molecule has 0 saturated carbocycles. The number of rotatable bonds is 4. The summed E-state index contributed by atoms with van der Waals surface area (Å²) in [6.45, 7) is 1.16. The fraction of sp³-hybridized carbons (Fsp3) is 0.462. The largest absolute Gasteiger partial charge is 0.493 e. The molecule has 0 aliphatic carbocycles. The molecule has 1 saturated heterocycles. The molecule has 5 heteroatoms. The van der Waals surface area contributed by atoms with Crippen molar-refractivity contribution in [3.05, 3.63) is 23.8 Å². The Morgan fingerprint density at radius 1 is 1.33 bits per heavy atom. The van der Waals surface area contributed by atoms with Crippen LogP contribution < -0.4 is 9.47 Å². The van der Waals surface area contributed by atoms with E-state index >= 15 is 0 Å². The molecule has 1 fully saturated rings. The predicted octanol–water partition coefficient (Wildman–Crippen LogP) is 2.04. The topological polar surface area (TPSA) is 38.8 Å². The summed E-state index contributed by atoms with van der Waals surface area (Å²) in [5.74, 6) is 1.46. The average molecular weight is 270 g/mol. The summed E-state index contributed by atoms with van der Waals surface area (Å²) in [7, 11) is 3.19. The van der Waals surface area contributed by atoms with Gasteiger partial charge in [0.15, 0.2) is 11.5 Å². The number of amides is 1. The zero-order chi connectivity index (χ0) is 13.1. The Balaban J connectivity index is 2.12. The predicted molar refractivity (Wildman–Crippen MR) is 69.2 cm³/mol. The number of nitrogens with zero attached hydrogens (tertiary/aromatic N) is 1. The molecule has 0 bridgehead atoms. The summed E-state index contributed by atoms with van der Waals surface area (Å²) in [6, 6.07) is 5.65. The standard InChI is InChI=1S/C13H16ClNO3/c1-17-11-4-3-9(5-12(11)18-2)7-15-8-10(14)6-13(15)16/h3-5,10H,6-8H2,1-2H3. The molecule has 1 amide bonds. The van der Waals surface area contributed by atoms with Crippen molar-refractivity contribution in [2.45, 2.75) is 18.3 Å². The maximum Gasteiger partial charge on any atom is 0.224 e. The van der Waals surface area contributed by atoms with Gasteiger partial charge >= 0.3 is 0 Å². The third kappa shape index (κ3) is 2.70. The van der Waals surface area contributed by atoms with E-state index in [-0.39, 0.29) is 11.3 Å². The lowest BCUT2D eigenvalue weighted by molar-refractivity contribution is -0.128. The molecule has 1 aliphatic heterocycles. The first-order valence-electron chi connectivity index (χ1n) is 5.76. The maximum atomic E-state index is 11.7. The van der Waals surface area contributed by atoms with Crippen molar-refractivity contribution in [3.8, 4) is 11.5 Å². The van der Waals surface area contributed by atoms with Gasteiger partial charge < -0.3 is 14.4 Å². The van der Waals surface area contributed by atoms with Gasteiger partial charge in [0.05, 0.1) is 19.6 Å².